The molecule has 0 radical (unpaired) electrons. The molecular formula is C27H28F3N3O4. The quantitative estimate of drug-likeness (QED) is 0.347. The van der Waals surface area contributed by atoms with Gasteiger partial charge < -0.3 is 25.4 Å². The second kappa shape index (κ2) is 9.74. The molecule has 7 nitrogen and oxygen atoms in total. The van der Waals surface area contributed by atoms with Gasteiger partial charge in [-0.3, -0.25) is 4.79 Å². The van der Waals surface area contributed by atoms with Crippen LogP contribution in [0.2, 0.25) is 0 Å². The normalized spacial score (nSPS) is 19.0. The summed E-state index contributed by atoms with van der Waals surface area (Å²) in [5.74, 6) is -0.259. The maximum Gasteiger partial charge on any atom is 0.416 e. The number of aliphatic hydroxyl groups is 1. The van der Waals surface area contributed by atoms with Crippen molar-refractivity contribution >= 4 is 28.9 Å². The molecule has 2 heterocycles. The molecule has 196 valence electrons. The molecule has 1 spiro atoms. The largest absolute Gasteiger partial charge is 0.486 e. The van der Waals surface area contributed by atoms with E-state index in [-0.39, 0.29) is 18.4 Å². The van der Waals surface area contributed by atoms with Crippen LogP contribution in [-0.2, 0) is 17.5 Å². The van der Waals surface area contributed by atoms with E-state index in [2.05, 4.69) is 10.6 Å². The molecular weight excluding hydrogens is 487 g/mol. The van der Waals surface area contributed by atoms with Gasteiger partial charge in [-0.15, -0.1) is 0 Å². The van der Waals surface area contributed by atoms with Crippen LogP contribution in [0.4, 0.5) is 29.3 Å². The highest BCUT2D eigenvalue weighted by molar-refractivity contribution is 6.05. The van der Waals surface area contributed by atoms with E-state index >= 15 is 0 Å². The maximum absolute atomic E-state index is 13.3. The average Bonchev–Trinajstić information content (AvgIpc) is 2.82. The fourth-order valence-electron chi connectivity index (χ4n) is 5.05. The minimum absolute atomic E-state index is 0.0828. The van der Waals surface area contributed by atoms with Gasteiger partial charge >= 0.3 is 12.2 Å². The van der Waals surface area contributed by atoms with Crippen molar-refractivity contribution in [3.8, 4) is 5.75 Å². The number of anilines is 2. The number of rotatable bonds is 6. The van der Waals surface area contributed by atoms with Crippen LogP contribution in [0.15, 0.2) is 42.5 Å². The molecule has 5 rings (SSSR count). The van der Waals surface area contributed by atoms with Gasteiger partial charge in [0.2, 0.25) is 5.91 Å². The molecule has 37 heavy (non-hydrogen) atoms. The van der Waals surface area contributed by atoms with Gasteiger partial charge in [0.15, 0.2) is 0 Å². The van der Waals surface area contributed by atoms with E-state index in [0.717, 1.165) is 37.0 Å². The van der Waals surface area contributed by atoms with Gasteiger partial charge in [-0.25, -0.2) is 4.79 Å². The third-order valence-corrected chi connectivity index (χ3v) is 7.17. The van der Waals surface area contributed by atoms with Crippen molar-refractivity contribution in [3.63, 3.8) is 0 Å². The van der Waals surface area contributed by atoms with Crippen molar-refractivity contribution in [1.82, 2.24) is 4.90 Å². The fourth-order valence-corrected chi connectivity index (χ4v) is 5.05. The number of alkyl halides is 3. The van der Waals surface area contributed by atoms with Gasteiger partial charge in [-0.1, -0.05) is 12.1 Å². The van der Waals surface area contributed by atoms with Crippen LogP contribution in [0, 0.1) is 0 Å². The van der Waals surface area contributed by atoms with Crippen LogP contribution in [0.5, 0.6) is 5.75 Å². The molecule has 1 fully saturated rings. The summed E-state index contributed by atoms with van der Waals surface area (Å²) in [4.78, 5) is 27.0. The molecule has 1 saturated carbocycles. The Labute approximate surface area is 212 Å². The lowest BCUT2D eigenvalue weighted by atomic mass is 9.72. The molecule has 2 aromatic rings. The van der Waals surface area contributed by atoms with Crippen LogP contribution in [0.25, 0.3) is 5.57 Å². The summed E-state index contributed by atoms with van der Waals surface area (Å²) < 4.78 is 45.8. The number of hydrogen-bond donors (Lipinski definition) is 3. The number of hydrogen-bond acceptors (Lipinski definition) is 4. The van der Waals surface area contributed by atoms with Crippen LogP contribution in [-0.4, -0.2) is 40.7 Å². The van der Waals surface area contributed by atoms with E-state index in [1.165, 1.54) is 12.1 Å². The highest BCUT2D eigenvalue weighted by Gasteiger charge is 2.44. The number of unbranched alkanes of at least 4 members (excludes halogenated alkanes) is 1. The van der Waals surface area contributed by atoms with E-state index in [0.29, 0.717) is 54.9 Å². The van der Waals surface area contributed by atoms with Gasteiger partial charge in [0.25, 0.3) is 0 Å². The number of aliphatic hydroxyl groups excluding tert-OH is 1. The molecule has 3 amide bonds. The number of urea groups is 1. The molecule has 2 aromatic carbocycles. The summed E-state index contributed by atoms with van der Waals surface area (Å²) in [7, 11) is 0. The number of carbonyl (C=O) groups excluding carboxylic acids is 2. The number of carbonyl (C=O) groups is 2. The number of benzene rings is 2. The zero-order valence-corrected chi connectivity index (χ0v) is 20.2. The summed E-state index contributed by atoms with van der Waals surface area (Å²) in [5, 5.41) is 14.6. The summed E-state index contributed by atoms with van der Waals surface area (Å²) in [6, 6.07) is 8.42. The lowest BCUT2D eigenvalue weighted by molar-refractivity contribution is -0.138. The predicted octanol–water partition coefficient (Wildman–Crippen LogP) is 5.55. The Morgan fingerprint density at radius 1 is 1.19 bits per heavy atom. The second-order valence-corrected chi connectivity index (χ2v) is 9.84. The maximum atomic E-state index is 13.3. The highest BCUT2D eigenvalue weighted by Crippen LogP contribution is 2.50. The molecule has 3 N–H and O–H groups in total. The third-order valence-electron chi connectivity index (χ3n) is 7.17. The topological polar surface area (TPSA) is 90.9 Å². The SMILES string of the molecule is O=C(C=C1CC2(CCC2)Oc2cc(C(F)(F)F)ccc21)Nc1ccc2c(c1)NC(=O)N(CCCCO)C2. The molecule has 0 bridgehead atoms. The van der Waals surface area contributed by atoms with Crippen LogP contribution in [0.3, 0.4) is 0 Å². The van der Waals surface area contributed by atoms with Gasteiger partial charge in [0.1, 0.15) is 11.4 Å². The van der Waals surface area contributed by atoms with Crippen molar-refractivity contribution in [2.45, 2.75) is 56.8 Å². The number of ether oxygens (including phenoxy) is 1. The minimum atomic E-state index is -4.48. The van der Waals surface area contributed by atoms with Crippen molar-refractivity contribution < 1.29 is 32.6 Å². The zero-order chi connectivity index (χ0) is 26.2. The molecule has 0 saturated heterocycles. The number of fused-ring (bicyclic) bond motifs is 2. The summed E-state index contributed by atoms with van der Waals surface area (Å²) in [5.41, 5.74) is 1.78. The van der Waals surface area contributed by atoms with Crippen molar-refractivity contribution in [2.24, 2.45) is 0 Å². The van der Waals surface area contributed by atoms with E-state index in [9.17, 15) is 22.8 Å². The Balaban J connectivity index is 1.33. The van der Waals surface area contributed by atoms with Crippen molar-refractivity contribution in [2.75, 3.05) is 23.8 Å². The summed E-state index contributed by atoms with van der Waals surface area (Å²) in [6.45, 7) is 1.05. The first-order valence-corrected chi connectivity index (χ1v) is 12.4. The van der Waals surface area contributed by atoms with E-state index in [1.54, 1.807) is 17.0 Å². The lowest BCUT2D eigenvalue weighted by Gasteiger charge is -2.46. The number of halogens is 3. The van der Waals surface area contributed by atoms with Crippen LogP contribution >= 0.6 is 0 Å². The van der Waals surface area contributed by atoms with Crippen molar-refractivity contribution in [3.05, 3.63) is 59.2 Å². The van der Waals surface area contributed by atoms with E-state index < -0.39 is 23.2 Å². The van der Waals surface area contributed by atoms with Gasteiger partial charge in [-0.2, -0.15) is 13.2 Å². The number of nitrogens with one attached hydrogen (secondary N) is 2. The first-order chi connectivity index (χ1) is 17.7. The molecule has 0 atom stereocenters. The molecule has 0 aromatic heterocycles. The number of nitrogens with zero attached hydrogens (tertiary/aromatic N) is 1. The molecule has 10 heteroatoms. The Morgan fingerprint density at radius 2 is 2.00 bits per heavy atom. The fraction of sp³-hybridized carbons (Fsp3) is 0.407. The van der Waals surface area contributed by atoms with Gasteiger partial charge in [0, 0.05) is 49.1 Å². The Hall–Kier alpha value is -3.53. The average molecular weight is 516 g/mol. The Kier molecular flexibility index (Phi) is 6.61. The molecule has 2 aliphatic heterocycles. The standard InChI is InChI=1S/C27H28F3N3O4/c28-27(29,30)19-5-7-21-18(15-26(8-3-9-26)37-23(21)13-19)12-24(35)31-20-6-4-17-16-33(10-1-2-11-34)25(36)32-22(17)14-20/h4-7,12-14,34H,1-3,8-11,15-16H2,(H,31,35)(H,32,36). The Morgan fingerprint density at radius 3 is 2.70 bits per heavy atom. The molecule has 0 unspecified atom stereocenters. The third kappa shape index (κ3) is 5.29. The van der Waals surface area contributed by atoms with Crippen LogP contribution in [0.1, 0.15) is 55.2 Å². The molecule has 3 aliphatic rings. The second-order valence-electron chi connectivity index (χ2n) is 9.84. The minimum Gasteiger partial charge on any atom is -0.486 e. The lowest BCUT2D eigenvalue weighted by Crippen LogP contribution is -2.45. The Bertz CT molecular complexity index is 1250. The monoisotopic (exact) mass is 515 g/mol. The molecule has 1 aliphatic carbocycles. The predicted molar refractivity (Wildman–Crippen MR) is 132 cm³/mol. The first kappa shape index (κ1) is 25.1. The van der Waals surface area contributed by atoms with E-state index in [1.807, 2.05) is 6.07 Å². The summed E-state index contributed by atoms with van der Waals surface area (Å²) in [6.07, 6.45) is 1.09. The van der Waals surface area contributed by atoms with Crippen molar-refractivity contribution in [1.29, 1.82) is 0 Å². The van der Waals surface area contributed by atoms with Gasteiger partial charge in [-0.05, 0) is 67.5 Å². The first-order valence-electron chi connectivity index (χ1n) is 12.4. The zero-order valence-electron chi connectivity index (χ0n) is 20.2. The highest BCUT2D eigenvalue weighted by atomic mass is 19.4. The van der Waals surface area contributed by atoms with Gasteiger partial charge in [0.05, 0.1) is 5.56 Å². The van der Waals surface area contributed by atoms with Crippen LogP contribution < -0.4 is 15.4 Å². The summed E-state index contributed by atoms with van der Waals surface area (Å²) >= 11 is 0. The van der Waals surface area contributed by atoms with E-state index in [4.69, 9.17) is 9.84 Å². The smallest absolute Gasteiger partial charge is 0.416 e. The number of amides is 3.